The van der Waals surface area contributed by atoms with E-state index in [1.165, 1.54) is 28.8 Å². The topological polar surface area (TPSA) is 69.6 Å². The number of nitrogens with zero attached hydrogens (tertiary/aromatic N) is 1. The highest BCUT2D eigenvalue weighted by molar-refractivity contribution is 8.26. The molecule has 0 bridgehead atoms. The molecule has 0 aromatic heterocycles. The molecule has 1 aliphatic heterocycles. The molecule has 1 saturated heterocycles. The van der Waals surface area contributed by atoms with Crippen molar-refractivity contribution in [2.24, 2.45) is 0 Å². The Balaban J connectivity index is 1.73. The van der Waals surface area contributed by atoms with Crippen LogP contribution in [0.2, 0.25) is 0 Å². The van der Waals surface area contributed by atoms with Crippen LogP contribution >= 0.6 is 24.0 Å². The minimum atomic E-state index is -0.281. The van der Waals surface area contributed by atoms with Crippen molar-refractivity contribution in [3.63, 3.8) is 0 Å². The number of likely N-dealkylation sites (N-methyl/N-ethyl adjacent to an activating group) is 1. The van der Waals surface area contributed by atoms with Gasteiger partial charge in [-0.15, -0.1) is 0 Å². The number of phenolic OH excluding ortho intramolecular Hbond substituents is 1. The second kappa shape index (κ2) is 7.08. The summed E-state index contributed by atoms with van der Waals surface area (Å²) < 4.78 is 0.526. The molecule has 3 rings (SSSR count). The molecule has 1 aliphatic rings. The van der Waals surface area contributed by atoms with Gasteiger partial charge in [-0.2, -0.15) is 0 Å². The minimum absolute atomic E-state index is 0.0846. The van der Waals surface area contributed by atoms with Crippen LogP contribution in [0.4, 0.5) is 5.69 Å². The van der Waals surface area contributed by atoms with Crippen LogP contribution in [0.25, 0.3) is 6.08 Å². The zero-order valence-corrected chi connectivity index (χ0v) is 14.9. The third-order valence-electron chi connectivity index (χ3n) is 3.56. The Morgan fingerprint density at radius 2 is 1.96 bits per heavy atom. The maximum absolute atomic E-state index is 12.2. The summed E-state index contributed by atoms with van der Waals surface area (Å²) in [5.74, 6) is -0.320. The SMILES string of the molecule is CN1C(=O)C(=Cc2ccc(C(=O)Nc3cccc(O)c3)cc2)SC1=S. The van der Waals surface area contributed by atoms with Crippen LogP contribution in [0.1, 0.15) is 15.9 Å². The van der Waals surface area contributed by atoms with Crippen molar-refractivity contribution in [1.82, 2.24) is 4.90 Å². The fourth-order valence-electron chi connectivity index (χ4n) is 2.21. The van der Waals surface area contributed by atoms with E-state index >= 15 is 0 Å². The number of anilines is 1. The number of benzene rings is 2. The fraction of sp³-hybridized carbons (Fsp3) is 0.0556. The van der Waals surface area contributed by atoms with Gasteiger partial charge >= 0.3 is 0 Å². The van der Waals surface area contributed by atoms with Gasteiger partial charge in [0.15, 0.2) is 0 Å². The van der Waals surface area contributed by atoms with Gasteiger partial charge in [-0.1, -0.05) is 42.2 Å². The summed E-state index contributed by atoms with van der Waals surface area (Å²) in [6.45, 7) is 0. The van der Waals surface area contributed by atoms with E-state index in [4.69, 9.17) is 12.2 Å². The Labute approximate surface area is 154 Å². The van der Waals surface area contributed by atoms with Crippen LogP contribution in [0.5, 0.6) is 5.75 Å². The molecule has 0 saturated carbocycles. The number of amides is 2. The molecule has 0 spiro atoms. The molecular weight excluding hydrogens is 356 g/mol. The predicted molar refractivity (Wildman–Crippen MR) is 103 cm³/mol. The molecule has 0 aliphatic carbocycles. The molecule has 1 heterocycles. The van der Waals surface area contributed by atoms with Crippen molar-refractivity contribution in [3.05, 3.63) is 64.6 Å². The molecule has 2 amide bonds. The Morgan fingerprint density at radius 1 is 1.24 bits per heavy atom. The van der Waals surface area contributed by atoms with Crippen molar-refractivity contribution < 1.29 is 14.7 Å². The maximum Gasteiger partial charge on any atom is 0.265 e. The number of aromatic hydroxyl groups is 1. The average molecular weight is 370 g/mol. The summed E-state index contributed by atoms with van der Waals surface area (Å²) in [6.07, 6.45) is 1.75. The summed E-state index contributed by atoms with van der Waals surface area (Å²) in [5.41, 5.74) is 1.80. The van der Waals surface area contributed by atoms with E-state index in [2.05, 4.69) is 5.32 Å². The van der Waals surface area contributed by atoms with E-state index in [0.717, 1.165) is 5.56 Å². The van der Waals surface area contributed by atoms with Crippen LogP contribution in [-0.2, 0) is 4.79 Å². The summed E-state index contributed by atoms with van der Waals surface area (Å²) >= 11 is 6.35. The maximum atomic E-state index is 12.2. The summed E-state index contributed by atoms with van der Waals surface area (Å²) in [7, 11) is 1.65. The number of rotatable bonds is 3. The second-order valence-electron chi connectivity index (χ2n) is 5.37. The molecule has 0 atom stereocenters. The fourth-order valence-corrected chi connectivity index (χ4v) is 3.39. The Hall–Kier alpha value is -2.64. The van der Waals surface area contributed by atoms with Gasteiger partial charge in [0.1, 0.15) is 10.1 Å². The number of thioether (sulfide) groups is 1. The van der Waals surface area contributed by atoms with Crippen molar-refractivity contribution in [2.45, 2.75) is 0 Å². The first-order valence-electron chi connectivity index (χ1n) is 7.36. The van der Waals surface area contributed by atoms with Crippen LogP contribution in [0, 0.1) is 0 Å². The molecule has 5 nitrogen and oxygen atoms in total. The van der Waals surface area contributed by atoms with Crippen molar-refractivity contribution in [2.75, 3.05) is 12.4 Å². The molecule has 2 N–H and O–H groups in total. The molecule has 1 fully saturated rings. The molecule has 0 unspecified atom stereocenters. The lowest BCUT2D eigenvalue weighted by Crippen LogP contribution is -2.22. The van der Waals surface area contributed by atoms with Gasteiger partial charge < -0.3 is 10.4 Å². The molecule has 126 valence electrons. The van der Waals surface area contributed by atoms with Crippen LogP contribution in [0.15, 0.2) is 53.4 Å². The van der Waals surface area contributed by atoms with Crippen LogP contribution in [0.3, 0.4) is 0 Å². The second-order valence-corrected chi connectivity index (χ2v) is 7.04. The van der Waals surface area contributed by atoms with E-state index in [-0.39, 0.29) is 17.6 Å². The molecule has 0 radical (unpaired) electrons. The van der Waals surface area contributed by atoms with E-state index in [0.29, 0.717) is 20.5 Å². The zero-order valence-electron chi connectivity index (χ0n) is 13.2. The van der Waals surface area contributed by atoms with Gasteiger partial charge in [0.05, 0.1) is 4.91 Å². The lowest BCUT2D eigenvalue weighted by molar-refractivity contribution is -0.121. The van der Waals surface area contributed by atoms with Crippen molar-refractivity contribution in [3.8, 4) is 5.75 Å². The van der Waals surface area contributed by atoms with Crippen molar-refractivity contribution >= 4 is 51.9 Å². The molecular formula is C18H14N2O3S2. The minimum Gasteiger partial charge on any atom is -0.508 e. The third kappa shape index (κ3) is 3.89. The highest BCUT2D eigenvalue weighted by Crippen LogP contribution is 2.31. The first-order chi connectivity index (χ1) is 11.9. The highest BCUT2D eigenvalue weighted by Gasteiger charge is 2.28. The third-order valence-corrected chi connectivity index (χ3v) is 5.05. The van der Waals surface area contributed by atoms with Crippen molar-refractivity contribution in [1.29, 1.82) is 0 Å². The number of nitrogens with one attached hydrogen (secondary N) is 1. The Kier molecular flexibility index (Phi) is 4.87. The summed E-state index contributed by atoms with van der Waals surface area (Å²) in [4.78, 5) is 26.2. The number of thiocarbonyl (C=S) groups is 1. The van der Waals surface area contributed by atoms with E-state index in [1.54, 1.807) is 49.5 Å². The number of carbonyl (C=O) groups excluding carboxylic acids is 2. The molecule has 2 aromatic rings. The van der Waals surface area contributed by atoms with Crippen LogP contribution < -0.4 is 5.32 Å². The molecule has 2 aromatic carbocycles. The van der Waals surface area contributed by atoms with Gasteiger partial charge in [0.2, 0.25) is 0 Å². The monoisotopic (exact) mass is 370 g/mol. The molecule has 7 heteroatoms. The normalized spacial score (nSPS) is 15.7. The Morgan fingerprint density at radius 3 is 2.56 bits per heavy atom. The van der Waals surface area contributed by atoms with Gasteiger partial charge in [-0.3, -0.25) is 14.5 Å². The first-order valence-corrected chi connectivity index (χ1v) is 8.58. The standard InChI is InChI=1S/C18H14N2O3S2/c1-20-17(23)15(25-18(20)24)9-11-5-7-12(8-6-11)16(22)19-13-3-2-4-14(21)10-13/h2-10,21H,1H3,(H,19,22). The summed E-state index contributed by atoms with van der Waals surface area (Å²) in [5, 5.41) is 12.1. The number of phenols is 1. The van der Waals surface area contributed by atoms with Gasteiger partial charge in [0.25, 0.3) is 11.8 Å². The summed E-state index contributed by atoms with van der Waals surface area (Å²) in [6, 6.07) is 13.2. The quantitative estimate of drug-likeness (QED) is 0.639. The largest absolute Gasteiger partial charge is 0.508 e. The average Bonchev–Trinajstić information content (AvgIpc) is 2.82. The zero-order chi connectivity index (χ0) is 18.0. The Bertz CT molecular complexity index is 891. The van der Waals surface area contributed by atoms with Gasteiger partial charge in [-0.05, 0) is 35.9 Å². The smallest absolute Gasteiger partial charge is 0.265 e. The van der Waals surface area contributed by atoms with E-state index in [9.17, 15) is 14.7 Å². The predicted octanol–water partition coefficient (Wildman–Crippen LogP) is 3.48. The van der Waals surface area contributed by atoms with E-state index in [1.807, 2.05) is 0 Å². The highest BCUT2D eigenvalue weighted by atomic mass is 32.2. The van der Waals surface area contributed by atoms with Crippen LogP contribution in [-0.4, -0.2) is 33.2 Å². The number of hydrogen-bond acceptors (Lipinski definition) is 5. The lowest BCUT2D eigenvalue weighted by atomic mass is 10.1. The number of hydrogen-bond donors (Lipinski definition) is 2. The van der Waals surface area contributed by atoms with Gasteiger partial charge in [0, 0.05) is 24.4 Å². The van der Waals surface area contributed by atoms with E-state index < -0.39 is 0 Å². The molecule has 25 heavy (non-hydrogen) atoms. The van der Waals surface area contributed by atoms with Gasteiger partial charge in [-0.25, -0.2) is 0 Å². The lowest BCUT2D eigenvalue weighted by Gasteiger charge is -2.06. The number of carbonyl (C=O) groups is 2. The first kappa shape index (κ1) is 17.2.